The second-order valence-electron chi connectivity index (χ2n) is 4.68. The summed E-state index contributed by atoms with van der Waals surface area (Å²) in [6, 6.07) is 3.64. The van der Waals surface area contributed by atoms with Crippen molar-refractivity contribution in [1.29, 1.82) is 0 Å². The molecule has 2 unspecified atom stereocenters. The average Bonchev–Trinajstić information content (AvgIpc) is 2.37. The highest BCUT2D eigenvalue weighted by Crippen LogP contribution is 2.28. The summed E-state index contributed by atoms with van der Waals surface area (Å²) in [7, 11) is 3.53. The Morgan fingerprint density at radius 3 is 2.56 bits per heavy atom. The number of ether oxygens (including phenoxy) is 1. The smallest absolute Gasteiger partial charge is 0.122 e. The predicted octanol–water partition coefficient (Wildman–Crippen LogP) is 1.28. The Morgan fingerprint density at radius 1 is 1.33 bits per heavy atom. The first-order chi connectivity index (χ1) is 8.51. The minimum atomic E-state index is -0.636. The van der Waals surface area contributed by atoms with Gasteiger partial charge in [-0.3, -0.25) is 0 Å². The summed E-state index contributed by atoms with van der Waals surface area (Å²) in [5, 5.41) is 13.3. The molecular weight excluding hydrogens is 228 g/mol. The second kappa shape index (κ2) is 6.73. The van der Waals surface area contributed by atoms with Gasteiger partial charge in [-0.2, -0.15) is 0 Å². The molecule has 102 valence electrons. The number of methoxy groups -OCH3 is 1. The summed E-state index contributed by atoms with van der Waals surface area (Å²) in [4.78, 5) is 0. The third-order valence-corrected chi connectivity index (χ3v) is 3.24. The highest BCUT2D eigenvalue weighted by atomic mass is 16.5. The van der Waals surface area contributed by atoms with Crippen LogP contribution in [0, 0.1) is 13.8 Å². The van der Waals surface area contributed by atoms with E-state index in [1.807, 2.05) is 33.0 Å². The second-order valence-corrected chi connectivity index (χ2v) is 4.68. The monoisotopic (exact) mass is 252 g/mol. The predicted molar refractivity (Wildman–Crippen MR) is 73.9 cm³/mol. The van der Waals surface area contributed by atoms with Gasteiger partial charge in [0.2, 0.25) is 0 Å². The normalized spacial score (nSPS) is 14.3. The average molecular weight is 252 g/mol. The number of hydrogen-bond donors (Lipinski definition) is 3. The molecule has 1 rings (SSSR count). The maximum absolute atomic E-state index is 10.3. The lowest BCUT2D eigenvalue weighted by atomic mass is 9.94. The van der Waals surface area contributed by atoms with Crippen molar-refractivity contribution in [2.45, 2.75) is 32.4 Å². The zero-order valence-corrected chi connectivity index (χ0v) is 11.7. The van der Waals surface area contributed by atoms with E-state index in [0.29, 0.717) is 0 Å². The van der Waals surface area contributed by atoms with Gasteiger partial charge in [-0.25, -0.2) is 0 Å². The summed E-state index contributed by atoms with van der Waals surface area (Å²) < 4.78 is 5.26. The number of nitrogens with two attached hydrogens (primary N) is 1. The summed E-state index contributed by atoms with van der Waals surface area (Å²) in [5.41, 5.74) is 8.91. The summed E-state index contributed by atoms with van der Waals surface area (Å²) in [5.74, 6) is 0.840. The molecule has 0 heterocycles. The van der Waals surface area contributed by atoms with Crippen LogP contribution in [0.15, 0.2) is 12.1 Å². The van der Waals surface area contributed by atoms with Crippen LogP contribution in [0.3, 0.4) is 0 Å². The van der Waals surface area contributed by atoms with Crippen molar-refractivity contribution in [3.05, 3.63) is 28.8 Å². The van der Waals surface area contributed by atoms with Crippen LogP contribution in [-0.2, 0) is 0 Å². The lowest BCUT2D eigenvalue weighted by molar-refractivity contribution is 0.141. The van der Waals surface area contributed by atoms with Crippen LogP contribution in [0.1, 0.15) is 29.2 Å². The van der Waals surface area contributed by atoms with Gasteiger partial charge in [0.25, 0.3) is 0 Å². The first-order valence-corrected chi connectivity index (χ1v) is 6.24. The Morgan fingerprint density at radius 2 is 2.00 bits per heavy atom. The Labute approximate surface area is 109 Å². The lowest BCUT2D eigenvalue weighted by Gasteiger charge is -2.22. The van der Waals surface area contributed by atoms with Crippen molar-refractivity contribution in [3.63, 3.8) is 0 Å². The molecule has 4 N–H and O–H groups in total. The fraction of sp³-hybridized carbons (Fsp3) is 0.571. The summed E-state index contributed by atoms with van der Waals surface area (Å²) in [6.45, 7) is 4.73. The first kappa shape index (κ1) is 15.0. The van der Waals surface area contributed by atoms with E-state index in [1.165, 1.54) is 0 Å². The molecule has 0 saturated carbocycles. The third kappa shape index (κ3) is 3.45. The standard InChI is InChI=1S/C14H24N2O2/c1-9-8-13(18-4)10(2)7-11(9)14(17)12(15)5-6-16-3/h7-8,12,14,16-17H,5-6,15H2,1-4H3. The molecule has 2 atom stereocenters. The SMILES string of the molecule is CNCCC(N)C(O)c1cc(C)c(OC)cc1C. The molecule has 1 aromatic carbocycles. The van der Waals surface area contributed by atoms with Crippen LogP contribution in [0.4, 0.5) is 0 Å². The zero-order valence-electron chi connectivity index (χ0n) is 11.7. The van der Waals surface area contributed by atoms with Crippen molar-refractivity contribution in [3.8, 4) is 5.75 Å². The van der Waals surface area contributed by atoms with Gasteiger partial charge in [-0.05, 0) is 62.7 Å². The van der Waals surface area contributed by atoms with E-state index in [0.717, 1.165) is 35.4 Å². The fourth-order valence-corrected chi connectivity index (χ4v) is 2.05. The molecule has 0 aliphatic carbocycles. The van der Waals surface area contributed by atoms with Crippen LogP contribution >= 0.6 is 0 Å². The maximum Gasteiger partial charge on any atom is 0.122 e. The number of aliphatic hydroxyl groups excluding tert-OH is 1. The number of benzene rings is 1. The molecule has 0 aromatic heterocycles. The topological polar surface area (TPSA) is 67.5 Å². The Kier molecular flexibility index (Phi) is 5.59. The van der Waals surface area contributed by atoms with E-state index in [-0.39, 0.29) is 6.04 Å². The third-order valence-electron chi connectivity index (χ3n) is 3.24. The van der Waals surface area contributed by atoms with Gasteiger partial charge < -0.3 is 20.9 Å². The molecule has 0 aliphatic rings. The number of nitrogens with one attached hydrogen (secondary N) is 1. The number of aryl methyl sites for hydroxylation is 2. The van der Waals surface area contributed by atoms with Gasteiger partial charge in [0.05, 0.1) is 13.2 Å². The van der Waals surface area contributed by atoms with E-state index < -0.39 is 6.10 Å². The van der Waals surface area contributed by atoms with E-state index in [9.17, 15) is 5.11 Å². The van der Waals surface area contributed by atoms with Gasteiger partial charge in [0.15, 0.2) is 0 Å². The van der Waals surface area contributed by atoms with E-state index in [2.05, 4.69) is 5.32 Å². The van der Waals surface area contributed by atoms with Gasteiger partial charge in [-0.15, -0.1) is 0 Å². The van der Waals surface area contributed by atoms with Gasteiger partial charge >= 0.3 is 0 Å². The van der Waals surface area contributed by atoms with E-state index in [1.54, 1.807) is 7.11 Å². The summed E-state index contributed by atoms with van der Waals surface area (Å²) >= 11 is 0. The minimum Gasteiger partial charge on any atom is -0.496 e. The molecular formula is C14H24N2O2. The molecule has 0 radical (unpaired) electrons. The summed E-state index contributed by atoms with van der Waals surface area (Å²) in [6.07, 6.45) is 0.102. The lowest BCUT2D eigenvalue weighted by Crippen LogP contribution is -2.32. The molecule has 0 amide bonds. The van der Waals surface area contributed by atoms with Crippen molar-refractivity contribution in [2.75, 3.05) is 20.7 Å². The largest absolute Gasteiger partial charge is 0.496 e. The number of aliphatic hydroxyl groups is 1. The molecule has 1 aromatic rings. The molecule has 4 nitrogen and oxygen atoms in total. The van der Waals surface area contributed by atoms with Crippen molar-refractivity contribution >= 4 is 0 Å². The Balaban J connectivity index is 2.91. The van der Waals surface area contributed by atoms with Crippen LogP contribution in [0.25, 0.3) is 0 Å². The van der Waals surface area contributed by atoms with Crippen LogP contribution in [0.2, 0.25) is 0 Å². The maximum atomic E-state index is 10.3. The molecule has 0 spiro atoms. The van der Waals surface area contributed by atoms with E-state index in [4.69, 9.17) is 10.5 Å². The molecule has 0 aliphatic heterocycles. The molecule has 0 saturated heterocycles. The van der Waals surface area contributed by atoms with Crippen LogP contribution in [0.5, 0.6) is 5.75 Å². The fourth-order valence-electron chi connectivity index (χ4n) is 2.05. The van der Waals surface area contributed by atoms with Crippen molar-refractivity contribution < 1.29 is 9.84 Å². The van der Waals surface area contributed by atoms with Gasteiger partial charge in [0, 0.05) is 6.04 Å². The number of rotatable bonds is 6. The molecule has 0 fully saturated rings. The Hall–Kier alpha value is -1.10. The Bertz CT molecular complexity index is 394. The highest BCUT2D eigenvalue weighted by molar-refractivity contribution is 5.42. The van der Waals surface area contributed by atoms with Crippen molar-refractivity contribution in [1.82, 2.24) is 5.32 Å². The van der Waals surface area contributed by atoms with Crippen LogP contribution < -0.4 is 15.8 Å². The molecule has 0 bridgehead atoms. The quantitative estimate of drug-likeness (QED) is 0.713. The molecule has 4 heteroatoms. The van der Waals surface area contributed by atoms with E-state index >= 15 is 0 Å². The zero-order chi connectivity index (χ0) is 13.7. The minimum absolute atomic E-state index is 0.260. The van der Waals surface area contributed by atoms with Crippen molar-refractivity contribution in [2.24, 2.45) is 5.73 Å². The number of hydrogen-bond acceptors (Lipinski definition) is 4. The molecule has 18 heavy (non-hydrogen) atoms. The first-order valence-electron chi connectivity index (χ1n) is 6.24. The highest BCUT2D eigenvalue weighted by Gasteiger charge is 2.19. The van der Waals surface area contributed by atoms with Crippen LogP contribution in [-0.4, -0.2) is 31.9 Å². The van der Waals surface area contributed by atoms with Gasteiger partial charge in [-0.1, -0.05) is 0 Å². The van der Waals surface area contributed by atoms with Gasteiger partial charge in [0.1, 0.15) is 5.75 Å².